The third kappa shape index (κ3) is 3.90. The van der Waals surface area contributed by atoms with Crippen LogP contribution in [0.3, 0.4) is 0 Å². The van der Waals surface area contributed by atoms with E-state index in [9.17, 15) is 8.42 Å². The molecule has 3 aromatic rings. The summed E-state index contributed by atoms with van der Waals surface area (Å²) in [5, 5.41) is 4.67. The lowest BCUT2D eigenvalue weighted by atomic mass is 9.77. The maximum Gasteiger partial charge on any atom is 0.261 e. The third-order valence-electron chi connectivity index (χ3n) is 6.22. The van der Waals surface area contributed by atoms with E-state index in [1.807, 2.05) is 49.4 Å². The van der Waals surface area contributed by atoms with Crippen LogP contribution in [0.5, 0.6) is 0 Å². The molecule has 164 valence electrons. The molecule has 3 atom stereocenters. The smallest absolute Gasteiger partial charge is 0.261 e. The zero-order valence-corrected chi connectivity index (χ0v) is 19.7. The van der Waals surface area contributed by atoms with E-state index in [1.165, 1.54) is 0 Å². The zero-order valence-electron chi connectivity index (χ0n) is 17.3. The Balaban J connectivity index is 1.49. The van der Waals surface area contributed by atoms with E-state index in [4.69, 9.17) is 23.2 Å². The zero-order chi connectivity index (χ0) is 22.5. The van der Waals surface area contributed by atoms with Crippen molar-refractivity contribution < 1.29 is 8.42 Å². The molecule has 0 unspecified atom stereocenters. The van der Waals surface area contributed by atoms with Gasteiger partial charge < -0.3 is 5.32 Å². The maximum absolute atomic E-state index is 13.1. The van der Waals surface area contributed by atoms with Crippen molar-refractivity contribution in [3.8, 4) is 0 Å². The van der Waals surface area contributed by atoms with Crippen LogP contribution in [0.1, 0.15) is 35.1 Å². The highest BCUT2D eigenvalue weighted by Crippen LogP contribution is 2.50. The average Bonchev–Trinajstić information content (AvgIpc) is 3.25. The Morgan fingerprint density at radius 2 is 1.84 bits per heavy atom. The van der Waals surface area contributed by atoms with Crippen LogP contribution in [0.25, 0.3) is 0 Å². The molecular formula is C25H22Cl2N2O2S. The first-order valence-electron chi connectivity index (χ1n) is 10.4. The lowest BCUT2D eigenvalue weighted by molar-refractivity contribution is 0.425. The summed E-state index contributed by atoms with van der Waals surface area (Å²) in [4.78, 5) is 0.256. The predicted molar refractivity (Wildman–Crippen MR) is 131 cm³/mol. The maximum atomic E-state index is 13.1. The van der Waals surface area contributed by atoms with E-state index in [2.05, 4.69) is 22.2 Å². The monoisotopic (exact) mass is 484 g/mol. The van der Waals surface area contributed by atoms with Crippen LogP contribution >= 0.6 is 23.2 Å². The Labute approximate surface area is 198 Å². The number of anilines is 2. The summed E-state index contributed by atoms with van der Waals surface area (Å²) >= 11 is 12.4. The molecule has 1 aliphatic heterocycles. The van der Waals surface area contributed by atoms with E-state index in [1.54, 1.807) is 18.2 Å². The van der Waals surface area contributed by atoms with Crippen molar-refractivity contribution >= 4 is 44.6 Å². The second-order valence-corrected chi connectivity index (χ2v) is 10.9. The van der Waals surface area contributed by atoms with Gasteiger partial charge in [0.05, 0.1) is 21.0 Å². The first-order valence-corrected chi connectivity index (χ1v) is 12.7. The Hall–Kier alpha value is -2.47. The highest BCUT2D eigenvalue weighted by molar-refractivity contribution is 7.92. The largest absolute Gasteiger partial charge is 0.378 e. The number of hydrogen-bond acceptors (Lipinski definition) is 3. The normalized spacial score (nSPS) is 21.5. The van der Waals surface area contributed by atoms with Crippen LogP contribution in [-0.4, -0.2) is 8.42 Å². The Morgan fingerprint density at radius 3 is 2.62 bits per heavy atom. The number of benzene rings is 3. The minimum Gasteiger partial charge on any atom is -0.378 e. The summed E-state index contributed by atoms with van der Waals surface area (Å²) in [6.45, 7) is 1.93. The summed E-state index contributed by atoms with van der Waals surface area (Å²) in [5.74, 6) is 0.391. The number of nitrogens with one attached hydrogen (secondary N) is 2. The van der Waals surface area contributed by atoms with Gasteiger partial charge in [0.15, 0.2) is 0 Å². The number of sulfonamides is 1. The molecule has 4 nitrogen and oxygen atoms in total. The van der Waals surface area contributed by atoms with E-state index < -0.39 is 10.0 Å². The fraction of sp³-hybridized carbons (Fsp3) is 0.200. The molecule has 1 aliphatic carbocycles. The van der Waals surface area contributed by atoms with Crippen molar-refractivity contribution in [1.82, 2.24) is 0 Å². The summed E-state index contributed by atoms with van der Waals surface area (Å²) in [6.07, 6.45) is 5.25. The van der Waals surface area contributed by atoms with E-state index >= 15 is 0 Å². The van der Waals surface area contributed by atoms with Gasteiger partial charge in [0.2, 0.25) is 0 Å². The minimum atomic E-state index is -3.70. The van der Waals surface area contributed by atoms with Crippen molar-refractivity contribution in [2.45, 2.75) is 30.2 Å². The van der Waals surface area contributed by atoms with Crippen molar-refractivity contribution in [1.29, 1.82) is 0 Å². The lowest BCUT2D eigenvalue weighted by Crippen LogP contribution is -2.29. The van der Waals surface area contributed by atoms with E-state index in [0.717, 1.165) is 28.8 Å². The molecule has 0 saturated heterocycles. The molecule has 0 fully saturated rings. The molecule has 0 amide bonds. The third-order valence-corrected chi connectivity index (χ3v) is 8.34. The highest BCUT2D eigenvalue weighted by Gasteiger charge is 2.38. The van der Waals surface area contributed by atoms with Crippen molar-refractivity contribution in [2.75, 3.05) is 10.0 Å². The topological polar surface area (TPSA) is 58.2 Å². The van der Waals surface area contributed by atoms with Crippen molar-refractivity contribution in [2.24, 2.45) is 5.92 Å². The van der Waals surface area contributed by atoms with Crippen LogP contribution in [0.2, 0.25) is 10.0 Å². The molecule has 0 radical (unpaired) electrons. The highest BCUT2D eigenvalue weighted by atomic mass is 35.5. The Bertz CT molecular complexity index is 1340. The van der Waals surface area contributed by atoms with Crippen LogP contribution in [0.15, 0.2) is 77.7 Å². The minimum absolute atomic E-state index is 0.0603. The molecule has 0 spiro atoms. The van der Waals surface area contributed by atoms with Gasteiger partial charge in [-0.3, -0.25) is 4.72 Å². The Morgan fingerprint density at radius 1 is 1.00 bits per heavy atom. The van der Waals surface area contributed by atoms with Crippen LogP contribution in [0, 0.1) is 12.8 Å². The molecule has 2 aliphatic rings. The van der Waals surface area contributed by atoms with Gasteiger partial charge in [-0.25, -0.2) is 8.42 Å². The molecular weight excluding hydrogens is 463 g/mol. The molecule has 7 heteroatoms. The first kappa shape index (κ1) is 21.4. The van der Waals surface area contributed by atoms with Gasteiger partial charge in [0.25, 0.3) is 10.0 Å². The summed E-state index contributed by atoms with van der Waals surface area (Å²) in [7, 11) is -3.70. The number of halogens is 2. The molecule has 1 heterocycles. The SMILES string of the molecule is Cc1cccc(NS(=O)(=O)c2ccc3c(c2)[C@@H]2C=CC[C@@H]2[C@@H](c2ccc(Cl)c(Cl)c2)N3)c1. The molecule has 0 bridgehead atoms. The van der Waals surface area contributed by atoms with E-state index in [0.29, 0.717) is 15.7 Å². The summed E-state index contributed by atoms with van der Waals surface area (Å²) < 4.78 is 28.8. The fourth-order valence-electron chi connectivity index (χ4n) is 4.70. The standard InChI is InChI=1S/C25H22Cl2N2O2S/c1-15-4-2-5-17(12-15)29-32(30,31)18-9-11-24-21(14-18)19-6-3-7-20(19)25(28-24)16-8-10-22(26)23(27)13-16/h2-6,8-14,19-20,25,28-29H,7H2,1H3/t19-,20+,25-/m1/s1. The van der Waals surface area contributed by atoms with Crippen LogP contribution in [0.4, 0.5) is 11.4 Å². The van der Waals surface area contributed by atoms with Crippen molar-refractivity contribution in [3.05, 3.63) is 99.6 Å². The van der Waals surface area contributed by atoms with Gasteiger partial charge in [-0.15, -0.1) is 0 Å². The molecule has 2 N–H and O–H groups in total. The van der Waals surface area contributed by atoms with Gasteiger partial charge in [-0.2, -0.15) is 0 Å². The fourth-order valence-corrected chi connectivity index (χ4v) is 6.09. The molecule has 3 aromatic carbocycles. The first-order chi connectivity index (χ1) is 15.3. The average molecular weight is 485 g/mol. The van der Waals surface area contributed by atoms with Gasteiger partial charge in [-0.05, 0) is 78.4 Å². The van der Waals surface area contributed by atoms with Gasteiger partial charge >= 0.3 is 0 Å². The molecule has 0 aromatic heterocycles. The van der Waals surface area contributed by atoms with Gasteiger partial charge in [0.1, 0.15) is 0 Å². The summed E-state index contributed by atoms with van der Waals surface area (Å²) in [5.41, 5.74) is 4.54. The quantitative estimate of drug-likeness (QED) is 0.394. The Kier molecular flexibility index (Phi) is 5.44. The second kappa shape index (κ2) is 8.14. The number of hydrogen-bond donors (Lipinski definition) is 2. The number of allylic oxidation sites excluding steroid dienone is 2. The number of aryl methyl sites for hydroxylation is 1. The predicted octanol–water partition coefficient (Wildman–Crippen LogP) is 6.93. The van der Waals surface area contributed by atoms with Gasteiger partial charge in [0, 0.05) is 17.3 Å². The molecule has 0 saturated carbocycles. The van der Waals surface area contributed by atoms with Crippen molar-refractivity contribution in [3.63, 3.8) is 0 Å². The molecule has 32 heavy (non-hydrogen) atoms. The summed E-state index contributed by atoms with van der Waals surface area (Å²) in [6, 6.07) is 18.4. The number of fused-ring (bicyclic) bond motifs is 3. The second-order valence-electron chi connectivity index (χ2n) is 8.37. The van der Waals surface area contributed by atoms with Gasteiger partial charge in [-0.1, -0.05) is 53.6 Å². The van der Waals surface area contributed by atoms with E-state index in [-0.39, 0.29) is 22.8 Å². The van der Waals surface area contributed by atoms with Crippen LogP contribution in [-0.2, 0) is 10.0 Å². The molecule has 5 rings (SSSR count). The van der Waals surface area contributed by atoms with Crippen LogP contribution < -0.4 is 10.0 Å². The lowest BCUT2D eigenvalue weighted by Gasteiger charge is -2.37. The number of rotatable bonds is 4.